The molecule has 0 aliphatic carbocycles. The number of carbonyl (C=O) groups is 2. The molecule has 0 radical (unpaired) electrons. The van der Waals surface area contributed by atoms with Crippen LogP contribution < -0.4 is 10.1 Å². The van der Waals surface area contributed by atoms with Crippen LogP contribution in [-0.2, 0) is 9.53 Å². The highest BCUT2D eigenvalue weighted by Crippen LogP contribution is 2.21. The average Bonchev–Trinajstić information content (AvgIpc) is 2.67. The van der Waals surface area contributed by atoms with E-state index in [1.54, 1.807) is 24.3 Å². The van der Waals surface area contributed by atoms with Gasteiger partial charge in [0.05, 0.1) is 6.61 Å². The number of nitrogens with one attached hydrogen (secondary N) is 1. The molecule has 0 fully saturated rings. The Labute approximate surface area is 154 Å². The van der Waals surface area contributed by atoms with Gasteiger partial charge in [-0.3, -0.25) is 4.79 Å². The lowest BCUT2D eigenvalue weighted by Gasteiger charge is -2.11. The van der Waals surface area contributed by atoms with Gasteiger partial charge in [0, 0.05) is 5.69 Å². The third-order valence-corrected chi connectivity index (χ3v) is 4.12. The predicted molar refractivity (Wildman–Crippen MR) is 102 cm³/mol. The van der Waals surface area contributed by atoms with E-state index in [2.05, 4.69) is 19.2 Å². The van der Waals surface area contributed by atoms with Gasteiger partial charge in [-0.25, -0.2) is 4.79 Å². The van der Waals surface area contributed by atoms with E-state index >= 15 is 0 Å². The van der Waals surface area contributed by atoms with E-state index in [4.69, 9.17) is 9.47 Å². The van der Waals surface area contributed by atoms with Gasteiger partial charge in [-0.2, -0.15) is 0 Å². The SMILES string of the molecule is CCOc1ccccc1C(=O)OCC(=O)Nc1ccc([C@H](C)CC)cc1. The zero-order valence-corrected chi connectivity index (χ0v) is 15.5. The van der Waals surface area contributed by atoms with Gasteiger partial charge in [0.25, 0.3) is 5.91 Å². The first-order chi connectivity index (χ1) is 12.5. The van der Waals surface area contributed by atoms with Gasteiger partial charge >= 0.3 is 5.97 Å². The molecule has 0 aliphatic heterocycles. The van der Waals surface area contributed by atoms with Crippen molar-refractivity contribution in [2.45, 2.75) is 33.1 Å². The zero-order valence-electron chi connectivity index (χ0n) is 15.5. The van der Waals surface area contributed by atoms with Crippen LogP contribution in [0.2, 0.25) is 0 Å². The highest BCUT2D eigenvalue weighted by Gasteiger charge is 2.15. The van der Waals surface area contributed by atoms with E-state index in [0.717, 1.165) is 6.42 Å². The van der Waals surface area contributed by atoms with Gasteiger partial charge in [-0.15, -0.1) is 0 Å². The molecule has 1 atom stereocenters. The van der Waals surface area contributed by atoms with E-state index in [1.807, 2.05) is 31.2 Å². The fourth-order valence-corrected chi connectivity index (χ4v) is 2.45. The van der Waals surface area contributed by atoms with Crippen molar-refractivity contribution in [3.05, 3.63) is 59.7 Å². The largest absolute Gasteiger partial charge is 0.493 e. The van der Waals surface area contributed by atoms with E-state index in [1.165, 1.54) is 5.56 Å². The number of hydrogen-bond acceptors (Lipinski definition) is 4. The molecule has 0 heterocycles. The van der Waals surface area contributed by atoms with Crippen LogP contribution in [0, 0.1) is 0 Å². The third kappa shape index (κ3) is 5.34. The Bertz CT molecular complexity index is 740. The van der Waals surface area contributed by atoms with Crippen molar-refractivity contribution in [1.29, 1.82) is 0 Å². The van der Waals surface area contributed by atoms with Crippen LogP contribution in [0.15, 0.2) is 48.5 Å². The molecule has 2 aromatic rings. The molecule has 0 aliphatic rings. The van der Waals surface area contributed by atoms with E-state index in [9.17, 15) is 9.59 Å². The summed E-state index contributed by atoms with van der Waals surface area (Å²) in [4.78, 5) is 24.2. The maximum atomic E-state index is 12.2. The lowest BCUT2D eigenvalue weighted by molar-refractivity contribution is -0.119. The van der Waals surface area contributed by atoms with Gasteiger partial charge in [-0.1, -0.05) is 38.1 Å². The third-order valence-electron chi connectivity index (χ3n) is 4.12. The van der Waals surface area contributed by atoms with Crippen molar-refractivity contribution in [2.75, 3.05) is 18.5 Å². The second-order valence-corrected chi connectivity index (χ2v) is 5.98. The summed E-state index contributed by atoms with van der Waals surface area (Å²) in [5.74, 6) is -0.0491. The monoisotopic (exact) mass is 355 g/mol. The number of rotatable bonds is 8. The van der Waals surface area contributed by atoms with Crippen LogP contribution in [0.1, 0.15) is 49.0 Å². The number of esters is 1. The van der Waals surface area contributed by atoms with Crippen molar-refractivity contribution in [1.82, 2.24) is 0 Å². The van der Waals surface area contributed by atoms with E-state index < -0.39 is 5.97 Å². The summed E-state index contributed by atoms with van der Waals surface area (Å²) in [7, 11) is 0. The highest BCUT2D eigenvalue weighted by atomic mass is 16.5. The first-order valence-corrected chi connectivity index (χ1v) is 8.83. The van der Waals surface area contributed by atoms with Crippen LogP contribution in [0.5, 0.6) is 5.75 Å². The Morgan fingerprint density at radius 2 is 1.73 bits per heavy atom. The van der Waals surface area contributed by atoms with Gasteiger partial charge < -0.3 is 14.8 Å². The van der Waals surface area contributed by atoms with E-state index in [-0.39, 0.29) is 12.5 Å². The number of benzene rings is 2. The Morgan fingerprint density at radius 1 is 1.04 bits per heavy atom. The quantitative estimate of drug-likeness (QED) is 0.713. The summed E-state index contributed by atoms with van der Waals surface area (Å²) in [6.07, 6.45) is 1.06. The Hall–Kier alpha value is -2.82. The normalized spacial score (nSPS) is 11.5. The van der Waals surface area contributed by atoms with Crippen LogP contribution in [-0.4, -0.2) is 25.1 Å². The molecule has 0 spiro atoms. The van der Waals surface area contributed by atoms with E-state index in [0.29, 0.717) is 29.5 Å². The van der Waals surface area contributed by atoms with Crippen molar-refractivity contribution in [2.24, 2.45) is 0 Å². The van der Waals surface area contributed by atoms with Crippen LogP contribution in [0.4, 0.5) is 5.69 Å². The molecule has 1 N–H and O–H groups in total. The Morgan fingerprint density at radius 3 is 2.38 bits per heavy atom. The number of para-hydroxylation sites is 1. The topological polar surface area (TPSA) is 64.6 Å². The lowest BCUT2D eigenvalue weighted by atomic mass is 9.99. The van der Waals surface area contributed by atoms with Crippen LogP contribution in [0.3, 0.4) is 0 Å². The fraction of sp³-hybridized carbons (Fsp3) is 0.333. The molecule has 2 aromatic carbocycles. The molecule has 0 saturated carbocycles. The van der Waals surface area contributed by atoms with Crippen molar-refractivity contribution in [3.63, 3.8) is 0 Å². The minimum atomic E-state index is -0.587. The van der Waals surface area contributed by atoms with Gasteiger partial charge in [0.2, 0.25) is 0 Å². The summed E-state index contributed by atoms with van der Waals surface area (Å²) >= 11 is 0. The number of hydrogen-bond donors (Lipinski definition) is 1. The maximum Gasteiger partial charge on any atom is 0.342 e. The smallest absolute Gasteiger partial charge is 0.342 e. The van der Waals surface area contributed by atoms with Gasteiger partial charge in [0.15, 0.2) is 6.61 Å². The van der Waals surface area contributed by atoms with Crippen molar-refractivity contribution >= 4 is 17.6 Å². The average molecular weight is 355 g/mol. The maximum absolute atomic E-state index is 12.2. The standard InChI is InChI=1S/C21H25NO4/c1-4-15(3)16-10-12-17(13-11-16)22-20(23)14-26-21(24)18-8-6-7-9-19(18)25-5-2/h6-13,15H,4-5,14H2,1-3H3,(H,22,23)/t15-/m1/s1. The van der Waals surface area contributed by atoms with Crippen molar-refractivity contribution in [3.8, 4) is 5.75 Å². The molecule has 0 saturated heterocycles. The van der Waals surface area contributed by atoms with Gasteiger partial charge in [0.1, 0.15) is 11.3 Å². The van der Waals surface area contributed by atoms with Gasteiger partial charge in [-0.05, 0) is 49.1 Å². The molecule has 0 aromatic heterocycles. The molecule has 1 amide bonds. The molecule has 0 unspecified atom stereocenters. The number of ether oxygens (including phenoxy) is 2. The zero-order chi connectivity index (χ0) is 18.9. The Balaban J connectivity index is 1.89. The van der Waals surface area contributed by atoms with Crippen LogP contribution in [0.25, 0.3) is 0 Å². The molecule has 5 nitrogen and oxygen atoms in total. The lowest BCUT2D eigenvalue weighted by Crippen LogP contribution is -2.21. The Kier molecular flexibility index (Phi) is 7.21. The summed E-state index contributed by atoms with van der Waals surface area (Å²) in [5, 5.41) is 2.73. The molecular formula is C21H25NO4. The molecule has 138 valence electrons. The number of amides is 1. The molecule has 0 bridgehead atoms. The summed E-state index contributed by atoms with van der Waals surface area (Å²) in [6.45, 7) is 6.22. The summed E-state index contributed by atoms with van der Waals surface area (Å²) < 4.78 is 10.5. The predicted octanol–water partition coefficient (Wildman–Crippen LogP) is 4.39. The molecule has 26 heavy (non-hydrogen) atoms. The summed E-state index contributed by atoms with van der Waals surface area (Å²) in [6, 6.07) is 14.5. The molecule has 2 rings (SSSR count). The summed E-state index contributed by atoms with van der Waals surface area (Å²) in [5.41, 5.74) is 2.21. The molecule has 5 heteroatoms. The molecular weight excluding hydrogens is 330 g/mol. The van der Waals surface area contributed by atoms with Crippen molar-refractivity contribution < 1.29 is 19.1 Å². The fourth-order valence-electron chi connectivity index (χ4n) is 2.45. The minimum Gasteiger partial charge on any atom is -0.493 e. The first kappa shape index (κ1) is 19.5. The highest BCUT2D eigenvalue weighted by molar-refractivity contribution is 5.96. The second kappa shape index (κ2) is 9.61. The second-order valence-electron chi connectivity index (χ2n) is 5.98. The first-order valence-electron chi connectivity index (χ1n) is 8.83. The number of carbonyl (C=O) groups excluding carboxylic acids is 2. The van der Waals surface area contributed by atoms with Crippen LogP contribution >= 0.6 is 0 Å². The minimum absolute atomic E-state index is 0.306. The number of anilines is 1.